The largest absolute Gasteiger partial charge is 0.348 e. The van der Waals surface area contributed by atoms with Gasteiger partial charge in [0.25, 0.3) is 5.91 Å². The van der Waals surface area contributed by atoms with Gasteiger partial charge < -0.3 is 21.3 Å². The molecule has 3 fully saturated rings. The molecule has 6 rings (SSSR count). The number of hydrogen-bond acceptors (Lipinski definition) is 6. The molecule has 34 heavy (non-hydrogen) atoms. The summed E-state index contributed by atoms with van der Waals surface area (Å²) in [4.78, 5) is 33.3. The molecule has 2 aromatic rings. The Morgan fingerprint density at radius 2 is 2.00 bits per heavy atom. The highest BCUT2D eigenvalue weighted by Crippen LogP contribution is 2.48. The highest BCUT2D eigenvalue weighted by molar-refractivity contribution is 8.04. The smallest absolute Gasteiger partial charge is 0.326 e. The third-order valence-electron chi connectivity index (χ3n) is 7.12. The Morgan fingerprint density at radius 1 is 1.12 bits per heavy atom. The van der Waals surface area contributed by atoms with Gasteiger partial charge in [0, 0.05) is 42.3 Å². The second-order valence-corrected chi connectivity index (χ2v) is 10.4. The summed E-state index contributed by atoms with van der Waals surface area (Å²) in [5, 5.41) is 13.3. The van der Waals surface area contributed by atoms with Crippen LogP contribution in [0.4, 0.5) is 10.5 Å². The Hall–Kier alpha value is -2.88. The minimum Gasteiger partial charge on any atom is -0.348 e. The Balaban J connectivity index is 1.30. The van der Waals surface area contributed by atoms with Crippen LogP contribution < -0.4 is 26.2 Å². The molecular weight excluding hydrogens is 448 g/mol. The van der Waals surface area contributed by atoms with Crippen molar-refractivity contribution in [3.63, 3.8) is 0 Å². The molecule has 4 aliphatic heterocycles. The maximum atomic E-state index is 13.4. The first-order chi connectivity index (χ1) is 16.7. The zero-order valence-electron chi connectivity index (χ0n) is 18.8. The van der Waals surface area contributed by atoms with Gasteiger partial charge >= 0.3 is 6.03 Å². The predicted octanol–water partition coefficient (Wildman–Crippen LogP) is 2.41. The lowest BCUT2D eigenvalue weighted by atomic mass is 9.86. The van der Waals surface area contributed by atoms with Crippen molar-refractivity contribution in [3.05, 3.63) is 59.4 Å². The number of nitrogens with zero attached hydrogens (tertiary/aromatic N) is 2. The molecule has 4 aliphatic rings. The normalized spacial score (nSPS) is 28.4. The molecule has 176 valence electrons. The summed E-state index contributed by atoms with van der Waals surface area (Å²) in [6.45, 7) is 2.60. The first kappa shape index (κ1) is 21.6. The fraction of sp³-hybridized carbons (Fsp3) is 0.400. The van der Waals surface area contributed by atoms with E-state index in [1.807, 2.05) is 35.2 Å². The molecule has 1 aromatic heterocycles. The number of aromatic nitrogens is 1. The van der Waals surface area contributed by atoms with E-state index in [0.29, 0.717) is 4.91 Å². The summed E-state index contributed by atoms with van der Waals surface area (Å²) in [6.07, 6.45) is 6.42. The van der Waals surface area contributed by atoms with E-state index in [9.17, 15) is 9.59 Å². The average Bonchev–Trinajstić information content (AvgIpc) is 3.25. The van der Waals surface area contributed by atoms with Crippen LogP contribution in [0, 0.1) is 5.92 Å². The molecule has 0 bridgehead atoms. The molecule has 0 spiro atoms. The van der Waals surface area contributed by atoms with Gasteiger partial charge in [0.15, 0.2) is 0 Å². The Bertz CT molecular complexity index is 1130. The maximum absolute atomic E-state index is 13.4. The second kappa shape index (κ2) is 9.05. The highest BCUT2D eigenvalue weighted by atomic mass is 32.2. The van der Waals surface area contributed by atoms with Gasteiger partial charge in [0.05, 0.1) is 16.3 Å². The number of hydrogen-bond donors (Lipinski definition) is 4. The molecule has 4 atom stereocenters. The van der Waals surface area contributed by atoms with Gasteiger partial charge in [-0.15, -0.1) is 0 Å². The molecule has 3 amide bonds. The number of amides is 3. The molecule has 0 saturated carbocycles. The minimum absolute atomic E-state index is 0.00293. The van der Waals surface area contributed by atoms with E-state index in [1.165, 1.54) is 0 Å². The summed E-state index contributed by atoms with van der Waals surface area (Å²) in [5.74, 6) is -0.0247. The van der Waals surface area contributed by atoms with Gasteiger partial charge in [-0.1, -0.05) is 23.9 Å². The Morgan fingerprint density at radius 3 is 2.82 bits per heavy atom. The molecular formula is C25H28N6O2S. The van der Waals surface area contributed by atoms with Crippen LogP contribution in [0.25, 0.3) is 11.1 Å². The molecule has 8 nitrogen and oxygen atoms in total. The average molecular weight is 477 g/mol. The van der Waals surface area contributed by atoms with Gasteiger partial charge in [-0.05, 0) is 67.7 Å². The van der Waals surface area contributed by atoms with Crippen molar-refractivity contribution in [1.29, 1.82) is 0 Å². The van der Waals surface area contributed by atoms with E-state index in [2.05, 4.69) is 32.3 Å². The Kier molecular flexibility index (Phi) is 5.76. The first-order valence-corrected chi connectivity index (χ1v) is 12.8. The van der Waals surface area contributed by atoms with Crippen LogP contribution in [-0.2, 0) is 4.79 Å². The molecule has 4 unspecified atom stereocenters. The molecule has 4 N–H and O–H groups in total. The van der Waals surface area contributed by atoms with Crippen LogP contribution in [0.1, 0.15) is 19.3 Å². The van der Waals surface area contributed by atoms with E-state index in [-0.39, 0.29) is 35.3 Å². The lowest BCUT2D eigenvalue weighted by Gasteiger charge is -2.45. The number of benzene rings is 1. The van der Waals surface area contributed by atoms with E-state index in [4.69, 9.17) is 0 Å². The minimum atomic E-state index is -0.170. The van der Waals surface area contributed by atoms with Crippen LogP contribution in [0.15, 0.2) is 59.4 Å². The third kappa shape index (κ3) is 3.87. The number of urea groups is 1. The van der Waals surface area contributed by atoms with Gasteiger partial charge in [-0.3, -0.25) is 14.7 Å². The molecule has 1 aromatic carbocycles. The number of carbonyl (C=O) groups is 2. The van der Waals surface area contributed by atoms with Crippen LogP contribution in [0.5, 0.6) is 0 Å². The summed E-state index contributed by atoms with van der Waals surface area (Å²) in [7, 11) is 0. The Labute approximate surface area is 203 Å². The standard InChI is InChI=1S/C25H28N6O2S/c32-23(29-17-4-2-9-27-14-17)22-21-20-19(8-12-28-24(20)34-22)31(25(33)30-21)18-5-1-3-16(13-18)15-6-10-26-11-7-15/h1,3,5-7,10-11,13,17,19-20,24,27-28H,2,4,8-9,12,14H2,(H,29,32)(H,30,33). The van der Waals surface area contributed by atoms with Crippen molar-refractivity contribution in [1.82, 2.24) is 26.3 Å². The topological polar surface area (TPSA) is 98.4 Å². The number of rotatable bonds is 4. The zero-order valence-corrected chi connectivity index (χ0v) is 19.6. The quantitative estimate of drug-likeness (QED) is 0.541. The maximum Gasteiger partial charge on any atom is 0.326 e. The fourth-order valence-electron chi connectivity index (χ4n) is 5.53. The number of piperidine rings is 2. The van der Waals surface area contributed by atoms with E-state index >= 15 is 0 Å². The van der Waals surface area contributed by atoms with Crippen molar-refractivity contribution >= 4 is 29.4 Å². The van der Waals surface area contributed by atoms with Crippen LogP contribution >= 0.6 is 11.8 Å². The van der Waals surface area contributed by atoms with Crippen molar-refractivity contribution in [2.75, 3.05) is 24.5 Å². The van der Waals surface area contributed by atoms with Crippen molar-refractivity contribution in [3.8, 4) is 11.1 Å². The van der Waals surface area contributed by atoms with Gasteiger partial charge in [-0.25, -0.2) is 4.79 Å². The first-order valence-electron chi connectivity index (χ1n) is 12.0. The van der Waals surface area contributed by atoms with E-state index in [0.717, 1.165) is 61.4 Å². The van der Waals surface area contributed by atoms with Gasteiger partial charge in [0.2, 0.25) is 0 Å². The number of anilines is 1. The number of thioether (sulfide) groups is 1. The summed E-state index contributed by atoms with van der Waals surface area (Å²) in [5.41, 5.74) is 3.75. The number of pyridine rings is 1. The SMILES string of the molecule is O=C(NC1CCCNC1)C1=C2NC(=O)N(c3cccc(-c4ccncc4)c3)C3CCNC(S1)C23. The van der Waals surface area contributed by atoms with Crippen LogP contribution in [0.3, 0.4) is 0 Å². The molecule has 3 saturated heterocycles. The van der Waals surface area contributed by atoms with Crippen molar-refractivity contribution in [2.24, 2.45) is 5.92 Å². The fourth-order valence-corrected chi connectivity index (χ4v) is 6.93. The second-order valence-electron chi connectivity index (χ2n) is 9.22. The van der Waals surface area contributed by atoms with E-state index < -0.39 is 0 Å². The third-order valence-corrected chi connectivity index (χ3v) is 8.47. The predicted molar refractivity (Wildman–Crippen MR) is 133 cm³/mol. The zero-order chi connectivity index (χ0) is 23.1. The summed E-state index contributed by atoms with van der Waals surface area (Å²) in [6, 6.07) is 12.0. The van der Waals surface area contributed by atoms with Crippen molar-refractivity contribution < 1.29 is 9.59 Å². The monoisotopic (exact) mass is 476 g/mol. The van der Waals surface area contributed by atoms with Crippen molar-refractivity contribution in [2.45, 2.75) is 36.7 Å². The lowest BCUT2D eigenvalue weighted by Crippen LogP contribution is -2.62. The molecule has 0 aliphatic carbocycles. The molecule has 0 radical (unpaired) electrons. The number of carbonyl (C=O) groups excluding carboxylic acids is 2. The van der Waals surface area contributed by atoms with Crippen LogP contribution in [-0.4, -0.2) is 54.0 Å². The van der Waals surface area contributed by atoms with Gasteiger partial charge in [-0.2, -0.15) is 0 Å². The summed E-state index contributed by atoms with van der Waals surface area (Å²) < 4.78 is 0. The van der Waals surface area contributed by atoms with Gasteiger partial charge in [0.1, 0.15) is 0 Å². The molecule has 9 heteroatoms. The highest BCUT2D eigenvalue weighted by Gasteiger charge is 2.51. The van der Waals surface area contributed by atoms with Crippen LogP contribution in [0.2, 0.25) is 0 Å². The van der Waals surface area contributed by atoms with E-state index in [1.54, 1.807) is 24.2 Å². The summed E-state index contributed by atoms with van der Waals surface area (Å²) >= 11 is 1.55. The molecule has 5 heterocycles. The lowest BCUT2D eigenvalue weighted by molar-refractivity contribution is -0.117. The number of nitrogens with one attached hydrogen (secondary N) is 4.